The highest BCUT2D eigenvalue weighted by Crippen LogP contribution is 2.06. The number of rotatable bonds is 1. The Labute approximate surface area is 65.5 Å². The third-order valence-electron chi connectivity index (χ3n) is 1.13. The topological polar surface area (TPSA) is 24.7 Å². The van der Waals surface area contributed by atoms with Crippen LogP contribution in [0.15, 0.2) is 28.0 Å². The van der Waals surface area contributed by atoms with E-state index < -0.39 is 0 Å². The molecule has 0 aromatic carbocycles. The lowest BCUT2D eigenvalue weighted by molar-refractivity contribution is 1.20. The van der Waals surface area contributed by atoms with E-state index >= 15 is 0 Å². The van der Waals surface area contributed by atoms with Gasteiger partial charge in [-0.1, -0.05) is 0 Å². The van der Waals surface area contributed by atoms with Crippen molar-refractivity contribution in [1.29, 1.82) is 0 Å². The monoisotopic (exact) mass is 152 g/mol. The Kier molecular flexibility index (Phi) is 2.49. The van der Waals surface area contributed by atoms with Crippen molar-refractivity contribution in [2.24, 2.45) is 9.98 Å². The zero-order valence-corrected chi connectivity index (χ0v) is 6.55. The molecule has 0 spiro atoms. The molecule has 1 atom stereocenters. The summed E-state index contributed by atoms with van der Waals surface area (Å²) in [7, 11) is 0. The summed E-state index contributed by atoms with van der Waals surface area (Å²) in [5.41, 5.74) is 1.00. The summed E-state index contributed by atoms with van der Waals surface area (Å²) in [6.07, 6.45) is 4.98. The molecule has 0 bridgehead atoms. The predicted octanol–water partition coefficient (Wildman–Crippen LogP) is 1.46. The van der Waals surface area contributed by atoms with Crippen LogP contribution in [0.3, 0.4) is 0 Å². The average molecular weight is 152 g/mol. The molecule has 2 nitrogen and oxygen atoms in total. The van der Waals surface area contributed by atoms with E-state index in [1.165, 1.54) is 6.20 Å². The molecule has 10 heavy (non-hydrogen) atoms. The van der Waals surface area contributed by atoms with Gasteiger partial charge in [0.15, 0.2) is 0 Å². The Morgan fingerprint density at radius 3 is 3.20 bits per heavy atom. The standard InChI is InChI=1S/C7H8N2S/c1-6(10)7-4-8-2-3-9-5-7/h2,4-6,10H,1H3. The van der Waals surface area contributed by atoms with Crippen molar-refractivity contribution >= 4 is 24.7 Å². The van der Waals surface area contributed by atoms with Crippen LogP contribution in [0.5, 0.6) is 0 Å². The minimum Gasteiger partial charge on any atom is -0.254 e. The van der Waals surface area contributed by atoms with Crippen molar-refractivity contribution in [2.45, 2.75) is 12.2 Å². The van der Waals surface area contributed by atoms with E-state index in [0.717, 1.165) is 5.57 Å². The van der Waals surface area contributed by atoms with E-state index in [-0.39, 0.29) is 5.25 Å². The van der Waals surface area contributed by atoms with Gasteiger partial charge in [-0.05, 0) is 6.92 Å². The Hall–Kier alpha value is -0.790. The van der Waals surface area contributed by atoms with Gasteiger partial charge in [0.25, 0.3) is 0 Å². The maximum absolute atomic E-state index is 4.23. The first-order chi connectivity index (χ1) is 4.80. The van der Waals surface area contributed by atoms with E-state index in [4.69, 9.17) is 0 Å². The average Bonchev–Trinajstić information content (AvgIpc) is 2.12. The highest BCUT2D eigenvalue weighted by Gasteiger charge is 1.99. The zero-order chi connectivity index (χ0) is 7.40. The molecule has 1 heterocycles. The zero-order valence-electron chi connectivity index (χ0n) is 5.65. The molecule has 1 rings (SSSR count). The fraction of sp³-hybridized carbons (Fsp3) is 0.286. The first-order valence-electron chi connectivity index (χ1n) is 2.99. The number of thiol groups is 1. The fourth-order valence-corrected chi connectivity index (χ4v) is 0.684. The summed E-state index contributed by atoms with van der Waals surface area (Å²) in [5, 5.41) is 0.181. The van der Waals surface area contributed by atoms with Crippen LogP contribution in [0.1, 0.15) is 6.92 Å². The summed E-state index contributed by atoms with van der Waals surface area (Å²) in [6.45, 7) is 1.97. The molecule has 0 aromatic rings. The fourth-order valence-electron chi connectivity index (χ4n) is 0.551. The Morgan fingerprint density at radius 2 is 2.50 bits per heavy atom. The normalized spacial score (nSPS) is 18.4. The number of hydrogen-bond acceptors (Lipinski definition) is 3. The molecular formula is C7H8N2S. The van der Waals surface area contributed by atoms with E-state index in [9.17, 15) is 0 Å². The van der Waals surface area contributed by atoms with Crippen molar-refractivity contribution in [2.75, 3.05) is 0 Å². The van der Waals surface area contributed by atoms with Gasteiger partial charge < -0.3 is 0 Å². The van der Waals surface area contributed by atoms with Crippen molar-refractivity contribution in [3.8, 4) is 0 Å². The van der Waals surface area contributed by atoms with Crippen LogP contribution in [0, 0.1) is 0 Å². The number of hydrogen-bond donors (Lipinski definition) is 1. The van der Waals surface area contributed by atoms with Crippen molar-refractivity contribution in [3.63, 3.8) is 0 Å². The molecule has 0 aromatic heterocycles. The maximum Gasteiger partial charge on any atom is 0.0881 e. The lowest BCUT2D eigenvalue weighted by atomic mass is 10.2. The molecule has 52 valence electrons. The lowest BCUT2D eigenvalue weighted by Gasteiger charge is -1.99. The van der Waals surface area contributed by atoms with Crippen LogP contribution in [-0.2, 0) is 0 Å². The molecule has 0 radical (unpaired) electrons. The van der Waals surface area contributed by atoms with Gasteiger partial charge in [-0.15, -0.1) is 0 Å². The summed E-state index contributed by atoms with van der Waals surface area (Å²) in [4.78, 5) is 7.73. The van der Waals surface area contributed by atoms with Gasteiger partial charge in [0.05, 0.1) is 6.20 Å². The molecule has 3 heteroatoms. The first kappa shape index (κ1) is 7.32. The third kappa shape index (κ3) is 1.87. The predicted molar refractivity (Wildman–Crippen MR) is 47.0 cm³/mol. The molecule has 0 saturated carbocycles. The number of nitrogens with zero attached hydrogens (tertiary/aromatic N) is 2. The summed E-state index contributed by atoms with van der Waals surface area (Å²) in [5.74, 6) is 2.62. The lowest BCUT2D eigenvalue weighted by Crippen LogP contribution is -1.97. The van der Waals surface area contributed by atoms with Gasteiger partial charge in [0.1, 0.15) is 0 Å². The molecular weight excluding hydrogens is 144 g/mol. The Morgan fingerprint density at radius 1 is 1.70 bits per heavy atom. The summed E-state index contributed by atoms with van der Waals surface area (Å²) >= 11 is 4.23. The quantitative estimate of drug-likeness (QED) is 0.550. The second-order valence-electron chi connectivity index (χ2n) is 1.97. The second-order valence-corrected chi connectivity index (χ2v) is 2.75. The SMILES string of the molecule is CC(S)C1=CN=C=CN=C1. The van der Waals surface area contributed by atoms with E-state index in [1.807, 2.05) is 6.92 Å². The number of aliphatic imine (C=N–C) groups is 2. The van der Waals surface area contributed by atoms with Crippen molar-refractivity contribution in [1.82, 2.24) is 0 Å². The van der Waals surface area contributed by atoms with E-state index in [2.05, 4.69) is 28.5 Å². The summed E-state index contributed by atoms with van der Waals surface area (Å²) < 4.78 is 0. The largest absolute Gasteiger partial charge is 0.254 e. The van der Waals surface area contributed by atoms with Gasteiger partial charge in [0, 0.05) is 29.1 Å². The molecule has 0 amide bonds. The van der Waals surface area contributed by atoms with Gasteiger partial charge in [0.2, 0.25) is 0 Å². The third-order valence-corrected chi connectivity index (χ3v) is 1.42. The molecule has 0 saturated heterocycles. The smallest absolute Gasteiger partial charge is 0.0881 e. The molecule has 0 N–H and O–H groups in total. The second kappa shape index (κ2) is 3.40. The van der Waals surface area contributed by atoms with Crippen LogP contribution in [0.2, 0.25) is 0 Å². The maximum atomic E-state index is 4.23. The molecule has 0 fully saturated rings. The first-order valence-corrected chi connectivity index (χ1v) is 3.50. The van der Waals surface area contributed by atoms with E-state index in [1.54, 1.807) is 12.4 Å². The Bertz CT molecular complexity index is 232. The van der Waals surface area contributed by atoms with Crippen molar-refractivity contribution < 1.29 is 0 Å². The molecule has 1 aliphatic rings. The minimum absolute atomic E-state index is 0.181. The Balaban J connectivity index is 2.81. The van der Waals surface area contributed by atoms with Crippen LogP contribution < -0.4 is 0 Å². The van der Waals surface area contributed by atoms with Crippen LogP contribution in [-0.4, -0.2) is 17.3 Å². The molecule has 0 aliphatic carbocycles. The molecule has 1 unspecified atom stereocenters. The highest BCUT2D eigenvalue weighted by molar-refractivity contribution is 7.81. The van der Waals surface area contributed by atoms with Gasteiger partial charge in [-0.2, -0.15) is 12.6 Å². The minimum atomic E-state index is 0.181. The van der Waals surface area contributed by atoms with Crippen molar-refractivity contribution in [3.05, 3.63) is 18.0 Å². The van der Waals surface area contributed by atoms with Crippen LogP contribution in [0.4, 0.5) is 0 Å². The summed E-state index contributed by atoms with van der Waals surface area (Å²) in [6, 6.07) is 0. The van der Waals surface area contributed by atoms with Gasteiger partial charge >= 0.3 is 0 Å². The van der Waals surface area contributed by atoms with Gasteiger partial charge in [-0.25, -0.2) is 4.99 Å². The van der Waals surface area contributed by atoms with Gasteiger partial charge in [-0.3, -0.25) is 4.99 Å². The van der Waals surface area contributed by atoms with E-state index in [0.29, 0.717) is 0 Å². The highest BCUT2D eigenvalue weighted by atomic mass is 32.1. The molecule has 1 aliphatic heterocycles. The van der Waals surface area contributed by atoms with Crippen LogP contribution in [0.25, 0.3) is 0 Å². The van der Waals surface area contributed by atoms with Crippen LogP contribution >= 0.6 is 12.6 Å².